The zero-order valence-electron chi connectivity index (χ0n) is 16.5. The van der Waals surface area contributed by atoms with Gasteiger partial charge in [0.25, 0.3) is 11.8 Å². The zero-order valence-corrected chi connectivity index (χ0v) is 18.2. The minimum Gasteiger partial charge on any atom is -0.477 e. The largest absolute Gasteiger partial charge is 0.477 e. The van der Waals surface area contributed by atoms with E-state index in [0.29, 0.717) is 10.7 Å². The van der Waals surface area contributed by atoms with E-state index in [9.17, 15) is 29.7 Å². The number of carbonyl (C=O) groups is 3. The van der Waals surface area contributed by atoms with Crippen LogP contribution in [0.15, 0.2) is 46.8 Å². The molecular weight excluding hydrogens is 460 g/mol. The van der Waals surface area contributed by atoms with Crippen LogP contribution in [0.1, 0.15) is 11.7 Å². The Balaban J connectivity index is 1.51. The van der Waals surface area contributed by atoms with Gasteiger partial charge in [0.05, 0.1) is 0 Å². The number of carbonyl (C=O) groups excluding carboxylic acids is 2. The number of nitrogens with one attached hydrogen (secondary N) is 1. The molecule has 168 valence electrons. The lowest BCUT2D eigenvalue weighted by atomic mass is 10.0. The van der Waals surface area contributed by atoms with Gasteiger partial charge in [0.2, 0.25) is 5.16 Å². The maximum absolute atomic E-state index is 12.7. The molecular formula is C18H18N6O6S2. The topological polar surface area (TPSA) is 171 Å². The Hall–Kier alpha value is -2.94. The van der Waals surface area contributed by atoms with E-state index in [4.69, 9.17) is 0 Å². The number of aliphatic carboxylic acids is 1. The summed E-state index contributed by atoms with van der Waals surface area (Å²) < 4.78 is 1.40. The van der Waals surface area contributed by atoms with E-state index in [1.165, 1.54) is 4.68 Å². The fraction of sp³-hybridized carbons (Fsp3) is 0.333. The number of aromatic nitrogens is 4. The average Bonchev–Trinajstić information content (AvgIpc) is 3.20. The molecule has 2 aliphatic rings. The van der Waals surface area contributed by atoms with Crippen molar-refractivity contribution in [3.05, 3.63) is 47.2 Å². The quantitative estimate of drug-likeness (QED) is 0.287. The molecule has 2 aromatic rings. The van der Waals surface area contributed by atoms with E-state index in [-0.39, 0.29) is 17.0 Å². The Kier molecular flexibility index (Phi) is 6.19. The maximum atomic E-state index is 12.7. The molecule has 4 N–H and O–H groups in total. The van der Waals surface area contributed by atoms with Crippen LogP contribution in [-0.4, -0.2) is 80.8 Å². The Morgan fingerprint density at radius 2 is 2.03 bits per heavy atom. The second-order valence-corrected chi connectivity index (χ2v) is 9.08. The molecule has 0 radical (unpaired) electrons. The van der Waals surface area contributed by atoms with Gasteiger partial charge < -0.3 is 20.6 Å². The fourth-order valence-corrected chi connectivity index (χ4v) is 5.64. The number of aliphatic hydroxyl groups is 2. The van der Waals surface area contributed by atoms with Crippen molar-refractivity contribution in [1.82, 2.24) is 30.4 Å². The molecule has 4 rings (SSSR count). The number of hydrogen-bond donors (Lipinski definition) is 4. The number of benzene rings is 1. The third kappa shape index (κ3) is 3.97. The second-order valence-electron chi connectivity index (χ2n) is 6.94. The Labute approximate surface area is 189 Å². The van der Waals surface area contributed by atoms with Gasteiger partial charge in [-0.1, -0.05) is 53.9 Å². The molecule has 2 aliphatic heterocycles. The highest BCUT2D eigenvalue weighted by Gasteiger charge is 2.56. The SMILES string of the molecule is Cn1nnnc1SCC1=C(C(=O)O)N2C(=O)[C@@H](NC(=O)[C@H](O)c3ccccc3)[C@H]2SC1O. The molecule has 1 saturated heterocycles. The van der Waals surface area contributed by atoms with Crippen molar-refractivity contribution in [2.75, 3.05) is 5.75 Å². The number of fused-ring (bicyclic) bond motifs is 1. The summed E-state index contributed by atoms with van der Waals surface area (Å²) in [5.41, 5.74) is -1.06. The van der Waals surface area contributed by atoms with Crippen LogP contribution in [0.3, 0.4) is 0 Å². The van der Waals surface area contributed by atoms with Gasteiger partial charge in [0, 0.05) is 18.4 Å². The van der Waals surface area contributed by atoms with Crippen molar-refractivity contribution < 1.29 is 29.7 Å². The van der Waals surface area contributed by atoms with Crippen molar-refractivity contribution in [3.8, 4) is 0 Å². The van der Waals surface area contributed by atoms with Gasteiger partial charge in [-0.2, -0.15) is 0 Å². The smallest absolute Gasteiger partial charge is 0.352 e. The van der Waals surface area contributed by atoms with Crippen molar-refractivity contribution >= 4 is 41.3 Å². The van der Waals surface area contributed by atoms with E-state index in [1.807, 2.05) is 0 Å². The molecule has 0 spiro atoms. The molecule has 3 heterocycles. The van der Waals surface area contributed by atoms with Crippen molar-refractivity contribution in [1.29, 1.82) is 0 Å². The van der Waals surface area contributed by atoms with Gasteiger partial charge in [-0.25, -0.2) is 9.48 Å². The summed E-state index contributed by atoms with van der Waals surface area (Å²) in [4.78, 5) is 38.2. The molecule has 0 aliphatic carbocycles. The standard InChI is InChI=1S/C18H18N6O6S2/c1-23-18(20-21-22-23)31-7-9-11(16(28)29)24-14(27)10(15(24)32-17(9)30)19-13(26)12(25)8-5-3-2-4-6-8/h2-6,10,12,15,17,25,30H,7H2,1H3,(H,19,26)(H,28,29)/t10-,12-,15-,17?/m1/s1. The number of nitrogens with zero attached hydrogens (tertiary/aromatic N) is 5. The summed E-state index contributed by atoms with van der Waals surface area (Å²) in [6.07, 6.45) is -1.49. The van der Waals surface area contributed by atoms with E-state index in [2.05, 4.69) is 20.8 Å². The van der Waals surface area contributed by atoms with Crippen LogP contribution in [0.5, 0.6) is 0 Å². The number of thioether (sulfide) groups is 2. The van der Waals surface area contributed by atoms with Crippen LogP contribution < -0.4 is 5.32 Å². The minimum atomic E-state index is -1.49. The number of carboxylic acids is 1. The molecule has 14 heteroatoms. The van der Waals surface area contributed by atoms with Crippen LogP contribution in [0.4, 0.5) is 0 Å². The summed E-state index contributed by atoms with van der Waals surface area (Å²) in [5.74, 6) is -2.75. The average molecular weight is 479 g/mol. The monoisotopic (exact) mass is 478 g/mol. The summed E-state index contributed by atoms with van der Waals surface area (Å²) in [6.45, 7) is 0. The van der Waals surface area contributed by atoms with Gasteiger partial charge in [-0.3, -0.25) is 14.5 Å². The van der Waals surface area contributed by atoms with E-state index in [1.54, 1.807) is 37.4 Å². The predicted octanol–water partition coefficient (Wildman–Crippen LogP) is -0.907. The molecule has 0 saturated carbocycles. The Morgan fingerprint density at radius 3 is 2.66 bits per heavy atom. The van der Waals surface area contributed by atoms with Crippen LogP contribution in [-0.2, 0) is 21.4 Å². The van der Waals surface area contributed by atoms with Crippen LogP contribution in [0.2, 0.25) is 0 Å². The summed E-state index contributed by atoms with van der Waals surface area (Å²) >= 11 is 2.06. The first-order chi connectivity index (χ1) is 15.3. The van der Waals surface area contributed by atoms with Gasteiger partial charge in [0.1, 0.15) is 22.5 Å². The zero-order chi connectivity index (χ0) is 23.0. The molecule has 1 aromatic carbocycles. The minimum absolute atomic E-state index is 0.0459. The van der Waals surface area contributed by atoms with E-state index < -0.39 is 40.7 Å². The molecule has 2 amide bonds. The van der Waals surface area contributed by atoms with Crippen molar-refractivity contribution in [2.45, 2.75) is 28.1 Å². The fourth-order valence-electron chi connectivity index (χ4n) is 3.34. The van der Waals surface area contributed by atoms with Crippen molar-refractivity contribution in [2.24, 2.45) is 7.05 Å². The molecule has 12 nitrogen and oxygen atoms in total. The number of rotatable bonds is 7. The molecule has 32 heavy (non-hydrogen) atoms. The van der Waals surface area contributed by atoms with Gasteiger partial charge >= 0.3 is 5.97 Å². The normalized spacial score (nSPS) is 23.4. The Morgan fingerprint density at radius 1 is 1.31 bits per heavy atom. The highest BCUT2D eigenvalue weighted by molar-refractivity contribution is 8.01. The van der Waals surface area contributed by atoms with Crippen LogP contribution in [0, 0.1) is 0 Å². The molecule has 1 unspecified atom stereocenters. The summed E-state index contributed by atoms with van der Waals surface area (Å²) in [5, 5.41) is 43.6. The number of aliphatic hydroxyl groups excluding tert-OH is 2. The molecule has 1 fully saturated rings. The lowest BCUT2D eigenvalue weighted by Gasteiger charge is -2.50. The first-order valence-corrected chi connectivity index (χ1v) is 11.2. The van der Waals surface area contributed by atoms with Crippen LogP contribution >= 0.6 is 23.5 Å². The predicted molar refractivity (Wildman–Crippen MR) is 112 cm³/mol. The molecule has 4 atom stereocenters. The number of hydrogen-bond acceptors (Lipinski definition) is 10. The number of amides is 2. The first-order valence-electron chi connectivity index (χ1n) is 9.31. The number of β-lactam (4-membered cyclic amide) rings is 1. The molecule has 0 bridgehead atoms. The third-order valence-electron chi connectivity index (χ3n) is 4.96. The second kappa shape index (κ2) is 8.90. The third-order valence-corrected chi connectivity index (χ3v) is 7.32. The van der Waals surface area contributed by atoms with Crippen molar-refractivity contribution in [3.63, 3.8) is 0 Å². The highest BCUT2D eigenvalue weighted by Crippen LogP contribution is 2.44. The van der Waals surface area contributed by atoms with E-state index >= 15 is 0 Å². The lowest BCUT2D eigenvalue weighted by molar-refractivity contribution is -0.152. The highest BCUT2D eigenvalue weighted by atomic mass is 32.2. The van der Waals surface area contributed by atoms with Gasteiger partial charge in [0.15, 0.2) is 6.10 Å². The lowest BCUT2D eigenvalue weighted by Crippen LogP contribution is -2.71. The number of aryl methyl sites for hydroxylation is 1. The molecule has 1 aromatic heterocycles. The van der Waals surface area contributed by atoms with Gasteiger partial charge in [-0.05, 0) is 16.0 Å². The maximum Gasteiger partial charge on any atom is 0.352 e. The van der Waals surface area contributed by atoms with Gasteiger partial charge in [-0.15, -0.1) is 5.10 Å². The van der Waals surface area contributed by atoms with Crippen LogP contribution in [0.25, 0.3) is 0 Å². The first kappa shape index (κ1) is 22.3. The van der Waals surface area contributed by atoms with E-state index in [0.717, 1.165) is 28.4 Å². The Bertz CT molecular complexity index is 1090. The summed E-state index contributed by atoms with van der Waals surface area (Å²) in [7, 11) is 1.62. The number of tetrazole rings is 1. The number of carboxylic acid groups (broad SMARTS) is 1. The summed E-state index contributed by atoms with van der Waals surface area (Å²) in [6, 6.07) is 7.12.